The minimum Gasteiger partial charge on any atom is -0.391 e. The van der Waals surface area contributed by atoms with Gasteiger partial charge in [-0.3, -0.25) is 0 Å². The molecule has 2 aromatic rings. The van der Waals surface area contributed by atoms with Crippen LogP contribution in [0.3, 0.4) is 0 Å². The summed E-state index contributed by atoms with van der Waals surface area (Å²) < 4.78 is 10.4. The summed E-state index contributed by atoms with van der Waals surface area (Å²) in [5.74, 6) is 1.07. The Kier molecular flexibility index (Phi) is 3.21. The van der Waals surface area contributed by atoms with E-state index < -0.39 is 0 Å². The third-order valence-electron chi connectivity index (χ3n) is 2.03. The lowest BCUT2D eigenvalue weighted by atomic mass is 10.3. The van der Waals surface area contributed by atoms with Crippen LogP contribution in [0.1, 0.15) is 18.3 Å². The second kappa shape index (κ2) is 4.63. The highest BCUT2D eigenvalue weighted by atomic mass is 32.1. The fourth-order valence-corrected chi connectivity index (χ4v) is 2.18. The van der Waals surface area contributed by atoms with Gasteiger partial charge in [-0.05, 0) is 25.5 Å². The molecule has 16 heavy (non-hydrogen) atoms. The Morgan fingerprint density at radius 3 is 3.00 bits per heavy atom. The first-order valence-corrected chi connectivity index (χ1v) is 5.79. The number of rotatable bonds is 4. The van der Waals surface area contributed by atoms with Gasteiger partial charge in [-0.25, -0.2) is 0 Å². The molecule has 0 unspecified atom stereocenters. The summed E-state index contributed by atoms with van der Waals surface area (Å²) in [5.41, 5.74) is 6.76. The van der Waals surface area contributed by atoms with Gasteiger partial charge in [0.25, 0.3) is 5.89 Å². The van der Waals surface area contributed by atoms with Gasteiger partial charge in [-0.1, -0.05) is 5.16 Å². The lowest BCUT2D eigenvalue weighted by molar-refractivity contribution is 0.126. The van der Waals surface area contributed by atoms with Crippen LogP contribution in [-0.4, -0.2) is 16.7 Å². The van der Waals surface area contributed by atoms with Crippen molar-refractivity contribution < 1.29 is 9.26 Å². The van der Waals surface area contributed by atoms with E-state index in [-0.39, 0.29) is 0 Å². The van der Waals surface area contributed by atoms with Crippen LogP contribution in [0.2, 0.25) is 0 Å². The van der Waals surface area contributed by atoms with Crippen molar-refractivity contribution in [1.82, 2.24) is 10.1 Å². The molecule has 0 amide bonds. The minimum absolute atomic E-state index is 0.375. The number of aryl methyl sites for hydroxylation is 1. The van der Waals surface area contributed by atoms with Crippen LogP contribution in [0.25, 0.3) is 10.8 Å². The summed E-state index contributed by atoms with van der Waals surface area (Å²) in [4.78, 5) is 5.17. The summed E-state index contributed by atoms with van der Waals surface area (Å²) >= 11 is 1.45. The average molecular weight is 239 g/mol. The molecule has 0 radical (unpaired) electrons. The fraction of sp³-hybridized carbons (Fsp3) is 0.400. The van der Waals surface area contributed by atoms with Crippen LogP contribution in [0.5, 0.6) is 0 Å². The molecule has 6 heteroatoms. The first kappa shape index (κ1) is 11.1. The number of nitrogens with zero attached hydrogens (tertiary/aromatic N) is 2. The van der Waals surface area contributed by atoms with Crippen molar-refractivity contribution in [1.29, 1.82) is 0 Å². The van der Waals surface area contributed by atoms with E-state index in [1.54, 1.807) is 0 Å². The predicted octanol–water partition coefficient (Wildman–Crippen LogP) is 2.23. The van der Waals surface area contributed by atoms with Gasteiger partial charge in [0, 0.05) is 6.61 Å². The maximum absolute atomic E-state index is 5.71. The maximum atomic E-state index is 5.71. The normalized spacial score (nSPS) is 10.9. The molecule has 0 spiro atoms. The van der Waals surface area contributed by atoms with E-state index in [1.165, 1.54) is 11.3 Å². The summed E-state index contributed by atoms with van der Waals surface area (Å²) in [6.07, 6.45) is 0. The van der Waals surface area contributed by atoms with Crippen molar-refractivity contribution in [3.63, 3.8) is 0 Å². The highest BCUT2D eigenvalue weighted by Gasteiger charge is 2.13. The monoisotopic (exact) mass is 239 g/mol. The number of hydrogen-bond acceptors (Lipinski definition) is 6. The Morgan fingerprint density at radius 2 is 2.38 bits per heavy atom. The van der Waals surface area contributed by atoms with Crippen LogP contribution in [0.15, 0.2) is 10.6 Å². The largest absolute Gasteiger partial charge is 0.391 e. The third kappa shape index (κ3) is 2.23. The summed E-state index contributed by atoms with van der Waals surface area (Å²) in [6.45, 7) is 4.90. The van der Waals surface area contributed by atoms with Crippen molar-refractivity contribution in [2.45, 2.75) is 20.5 Å². The number of ether oxygens (including phenoxy) is 1. The Hall–Kier alpha value is -1.40. The van der Waals surface area contributed by atoms with Crippen molar-refractivity contribution in [3.8, 4) is 10.8 Å². The molecule has 0 bridgehead atoms. The fourth-order valence-electron chi connectivity index (χ4n) is 1.32. The smallest absolute Gasteiger partial charge is 0.268 e. The molecule has 0 aliphatic heterocycles. The average Bonchev–Trinajstić information content (AvgIpc) is 2.82. The number of hydrogen-bond donors (Lipinski definition) is 1. The number of anilines is 1. The van der Waals surface area contributed by atoms with Gasteiger partial charge in [0.1, 0.15) is 6.61 Å². The van der Waals surface area contributed by atoms with Gasteiger partial charge in [0.05, 0.1) is 9.88 Å². The van der Waals surface area contributed by atoms with E-state index in [2.05, 4.69) is 10.1 Å². The van der Waals surface area contributed by atoms with Crippen molar-refractivity contribution in [2.75, 3.05) is 12.3 Å². The molecule has 2 rings (SSSR count). The third-order valence-corrected chi connectivity index (χ3v) is 3.09. The van der Waals surface area contributed by atoms with Crippen LogP contribution >= 0.6 is 11.3 Å². The molecule has 0 aromatic carbocycles. The van der Waals surface area contributed by atoms with Crippen LogP contribution in [-0.2, 0) is 11.3 Å². The summed E-state index contributed by atoms with van der Waals surface area (Å²) in [7, 11) is 0. The zero-order valence-electron chi connectivity index (χ0n) is 9.19. The molecule has 2 heterocycles. The van der Waals surface area contributed by atoms with Gasteiger partial charge in [0.15, 0.2) is 5.82 Å². The Bertz CT molecular complexity index is 478. The van der Waals surface area contributed by atoms with Crippen molar-refractivity contribution in [2.24, 2.45) is 0 Å². The van der Waals surface area contributed by atoms with E-state index in [0.29, 0.717) is 24.9 Å². The van der Waals surface area contributed by atoms with Gasteiger partial charge in [-0.2, -0.15) is 4.98 Å². The second-order valence-corrected chi connectivity index (χ2v) is 4.40. The number of aromatic nitrogens is 2. The molecule has 0 aliphatic carbocycles. The Balaban J connectivity index is 2.21. The summed E-state index contributed by atoms with van der Waals surface area (Å²) in [6, 6.07) is 1.90. The first-order valence-electron chi connectivity index (χ1n) is 4.97. The molecular weight excluding hydrogens is 226 g/mol. The molecular formula is C10H13N3O2S. The van der Waals surface area contributed by atoms with Crippen LogP contribution < -0.4 is 5.73 Å². The predicted molar refractivity (Wildman–Crippen MR) is 62.1 cm³/mol. The van der Waals surface area contributed by atoms with Crippen molar-refractivity contribution in [3.05, 3.63) is 17.5 Å². The van der Waals surface area contributed by atoms with Crippen molar-refractivity contribution >= 4 is 16.3 Å². The maximum Gasteiger partial charge on any atom is 0.268 e. The molecule has 0 saturated carbocycles. The topological polar surface area (TPSA) is 74.2 Å². The minimum atomic E-state index is 0.375. The molecule has 0 fully saturated rings. The molecule has 86 valence electrons. The lowest BCUT2D eigenvalue weighted by Gasteiger charge is -1.92. The molecule has 2 N–H and O–H groups in total. The lowest BCUT2D eigenvalue weighted by Crippen LogP contribution is -1.93. The van der Waals surface area contributed by atoms with Gasteiger partial charge < -0.3 is 15.0 Å². The summed E-state index contributed by atoms with van der Waals surface area (Å²) in [5, 5.41) is 4.58. The van der Waals surface area contributed by atoms with Crippen LogP contribution in [0, 0.1) is 6.92 Å². The zero-order chi connectivity index (χ0) is 11.5. The zero-order valence-corrected chi connectivity index (χ0v) is 10.0. The number of nitrogens with two attached hydrogens (primary N) is 1. The Labute approximate surface area is 97.2 Å². The molecule has 0 atom stereocenters. The molecule has 5 nitrogen and oxygen atoms in total. The highest BCUT2D eigenvalue weighted by molar-refractivity contribution is 7.19. The van der Waals surface area contributed by atoms with Crippen LogP contribution in [0.4, 0.5) is 5.00 Å². The quantitative estimate of drug-likeness (QED) is 0.885. The second-order valence-electron chi connectivity index (χ2n) is 3.31. The van der Waals surface area contributed by atoms with Gasteiger partial charge >= 0.3 is 0 Å². The standard InChI is InChI=1S/C10H13N3O2S/c1-3-14-5-8-12-10(15-13-8)9-6(2)4-7(11)16-9/h4H,3,5,11H2,1-2H3. The highest BCUT2D eigenvalue weighted by Crippen LogP contribution is 2.32. The first-order chi connectivity index (χ1) is 7.70. The number of thiophene rings is 1. The van der Waals surface area contributed by atoms with E-state index in [4.69, 9.17) is 15.0 Å². The van der Waals surface area contributed by atoms with E-state index >= 15 is 0 Å². The SMILES string of the molecule is CCOCc1noc(-c2sc(N)cc2C)n1. The molecule has 0 saturated heterocycles. The van der Waals surface area contributed by atoms with E-state index in [1.807, 2.05) is 19.9 Å². The number of nitrogen functional groups attached to an aromatic ring is 1. The van der Waals surface area contributed by atoms with E-state index in [0.717, 1.165) is 15.4 Å². The van der Waals surface area contributed by atoms with Gasteiger partial charge in [-0.15, -0.1) is 11.3 Å². The van der Waals surface area contributed by atoms with Gasteiger partial charge in [0.2, 0.25) is 0 Å². The van der Waals surface area contributed by atoms with E-state index in [9.17, 15) is 0 Å². The molecule has 0 aliphatic rings. The Morgan fingerprint density at radius 1 is 1.56 bits per heavy atom. The molecule has 2 aromatic heterocycles.